The van der Waals surface area contributed by atoms with E-state index >= 15 is 0 Å². The zero-order chi connectivity index (χ0) is 14.3. The minimum Gasteiger partial charge on any atom is -0.343 e. The van der Waals surface area contributed by atoms with E-state index < -0.39 is 0 Å². The molecule has 0 radical (unpaired) electrons. The summed E-state index contributed by atoms with van der Waals surface area (Å²) in [6.07, 6.45) is 2.96. The van der Waals surface area contributed by atoms with Crippen LogP contribution in [0, 0.1) is 5.92 Å². The fourth-order valence-electron chi connectivity index (χ4n) is 2.51. The molecule has 1 heterocycles. The standard InChI is InChI=1S/C15H31N3O/c1-5-16-9-6-15(19)18-10-7-14(8-11-18)12-17(4)13(2)3/h13-14,16H,5-12H2,1-4H3. The summed E-state index contributed by atoms with van der Waals surface area (Å²) in [5.74, 6) is 1.07. The molecule has 1 amide bonds. The van der Waals surface area contributed by atoms with E-state index in [0.29, 0.717) is 18.4 Å². The first-order valence-corrected chi connectivity index (χ1v) is 7.73. The van der Waals surface area contributed by atoms with Crippen molar-refractivity contribution in [3.05, 3.63) is 0 Å². The number of carbonyl (C=O) groups excluding carboxylic acids is 1. The van der Waals surface area contributed by atoms with Gasteiger partial charge in [0.1, 0.15) is 0 Å². The van der Waals surface area contributed by atoms with Gasteiger partial charge in [-0.3, -0.25) is 4.79 Å². The average molecular weight is 269 g/mol. The number of piperidine rings is 1. The van der Waals surface area contributed by atoms with E-state index in [1.807, 2.05) is 4.90 Å². The highest BCUT2D eigenvalue weighted by Gasteiger charge is 2.23. The first-order chi connectivity index (χ1) is 9.04. The lowest BCUT2D eigenvalue weighted by molar-refractivity contribution is -0.132. The van der Waals surface area contributed by atoms with Crippen molar-refractivity contribution in [2.75, 3.05) is 39.8 Å². The van der Waals surface area contributed by atoms with E-state index in [9.17, 15) is 4.79 Å². The van der Waals surface area contributed by atoms with Crippen molar-refractivity contribution >= 4 is 5.91 Å². The predicted octanol–water partition coefficient (Wildman–Crippen LogP) is 1.56. The summed E-state index contributed by atoms with van der Waals surface area (Å²) in [6.45, 7) is 11.3. The van der Waals surface area contributed by atoms with Gasteiger partial charge in [-0.1, -0.05) is 6.92 Å². The van der Waals surface area contributed by atoms with E-state index in [4.69, 9.17) is 0 Å². The normalized spacial score (nSPS) is 17.5. The molecule has 1 rings (SSSR count). The van der Waals surface area contributed by atoms with Gasteiger partial charge in [-0.25, -0.2) is 0 Å². The van der Waals surface area contributed by atoms with Gasteiger partial charge >= 0.3 is 0 Å². The number of amides is 1. The third kappa shape index (κ3) is 5.91. The maximum Gasteiger partial charge on any atom is 0.223 e. The molecule has 112 valence electrons. The van der Waals surface area contributed by atoms with Crippen LogP contribution in [0.4, 0.5) is 0 Å². The summed E-state index contributed by atoms with van der Waals surface area (Å²) in [6, 6.07) is 0.611. The highest BCUT2D eigenvalue weighted by atomic mass is 16.2. The molecule has 1 N–H and O–H groups in total. The lowest BCUT2D eigenvalue weighted by Crippen LogP contribution is -2.42. The van der Waals surface area contributed by atoms with Gasteiger partial charge in [0.15, 0.2) is 0 Å². The number of hydrogen-bond donors (Lipinski definition) is 1. The monoisotopic (exact) mass is 269 g/mol. The zero-order valence-corrected chi connectivity index (χ0v) is 13.1. The number of hydrogen-bond acceptors (Lipinski definition) is 3. The van der Waals surface area contributed by atoms with Crippen molar-refractivity contribution in [3.8, 4) is 0 Å². The van der Waals surface area contributed by atoms with Crippen LogP contribution >= 0.6 is 0 Å². The Kier molecular flexibility index (Phi) is 7.39. The molecule has 0 atom stereocenters. The Bertz CT molecular complexity index is 260. The topological polar surface area (TPSA) is 35.6 Å². The highest BCUT2D eigenvalue weighted by molar-refractivity contribution is 5.76. The summed E-state index contributed by atoms with van der Waals surface area (Å²) in [4.78, 5) is 16.4. The lowest BCUT2D eigenvalue weighted by Gasteiger charge is -2.35. The molecule has 19 heavy (non-hydrogen) atoms. The first-order valence-electron chi connectivity index (χ1n) is 7.73. The third-order valence-electron chi connectivity index (χ3n) is 4.16. The minimum atomic E-state index is 0.316. The van der Waals surface area contributed by atoms with Gasteiger partial charge in [0.25, 0.3) is 0 Å². The second-order valence-corrected chi connectivity index (χ2v) is 5.96. The summed E-state index contributed by atoms with van der Waals surface area (Å²) >= 11 is 0. The molecule has 0 aliphatic carbocycles. The molecule has 0 unspecified atom stereocenters. The number of likely N-dealkylation sites (tertiary alicyclic amines) is 1. The Hall–Kier alpha value is -0.610. The molecule has 0 bridgehead atoms. The molecule has 1 saturated heterocycles. The number of nitrogens with zero attached hydrogens (tertiary/aromatic N) is 2. The van der Waals surface area contributed by atoms with Crippen molar-refractivity contribution in [1.82, 2.24) is 15.1 Å². The fraction of sp³-hybridized carbons (Fsp3) is 0.933. The van der Waals surface area contributed by atoms with E-state index in [-0.39, 0.29) is 0 Å². The van der Waals surface area contributed by atoms with Crippen molar-refractivity contribution in [2.45, 2.75) is 46.1 Å². The molecule has 1 aliphatic rings. The first kappa shape index (κ1) is 16.4. The van der Waals surface area contributed by atoms with Gasteiger partial charge in [0.2, 0.25) is 5.91 Å². The van der Waals surface area contributed by atoms with Crippen molar-refractivity contribution in [3.63, 3.8) is 0 Å². The quantitative estimate of drug-likeness (QED) is 0.713. The van der Waals surface area contributed by atoms with Gasteiger partial charge in [0.05, 0.1) is 0 Å². The molecule has 1 aliphatic heterocycles. The molecule has 4 nitrogen and oxygen atoms in total. The minimum absolute atomic E-state index is 0.316. The van der Waals surface area contributed by atoms with E-state index in [1.54, 1.807) is 0 Å². The summed E-state index contributed by atoms with van der Waals surface area (Å²) < 4.78 is 0. The maximum atomic E-state index is 12.0. The Morgan fingerprint density at radius 1 is 1.37 bits per heavy atom. The average Bonchev–Trinajstić information content (AvgIpc) is 2.39. The van der Waals surface area contributed by atoms with Crippen molar-refractivity contribution < 1.29 is 4.79 Å². The van der Waals surface area contributed by atoms with Gasteiger partial charge in [0, 0.05) is 38.6 Å². The van der Waals surface area contributed by atoms with Crippen LogP contribution in [0.1, 0.15) is 40.0 Å². The van der Waals surface area contributed by atoms with Crippen LogP contribution < -0.4 is 5.32 Å². The number of nitrogens with one attached hydrogen (secondary N) is 1. The fourth-order valence-corrected chi connectivity index (χ4v) is 2.51. The molecule has 0 spiro atoms. The number of rotatable bonds is 7. The summed E-state index contributed by atoms with van der Waals surface area (Å²) in [5, 5.41) is 3.21. The predicted molar refractivity (Wildman–Crippen MR) is 80.2 cm³/mol. The van der Waals surface area contributed by atoms with Crippen molar-refractivity contribution in [1.29, 1.82) is 0 Å². The van der Waals surface area contributed by atoms with E-state index in [1.165, 1.54) is 0 Å². The van der Waals surface area contributed by atoms with Gasteiger partial charge < -0.3 is 15.1 Å². The Morgan fingerprint density at radius 2 is 2.00 bits per heavy atom. The molecule has 4 heteroatoms. The maximum absolute atomic E-state index is 12.0. The molecule has 0 saturated carbocycles. The highest BCUT2D eigenvalue weighted by Crippen LogP contribution is 2.19. The van der Waals surface area contributed by atoms with Crippen LogP contribution in [0.15, 0.2) is 0 Å². The largest absolute Gasteiger partial charge is 0.343 e. The number of carbonyl (C=O) groups is 1. The van der Waals surface area contributed by atoms with Gasteiger partial charge in [-0.2, -0.15) is 0 Å². The molecule has 1 fully saturated rings. The van der Waals surface area contributed by atoms with Crippen LogP contribution in [0.25, 0.3) is 0 Å². The second-order valence-electron chi connectivity index (χ2n) is 5.96. The molecular formula is C15H31N3O. The molecule has 0 aromatic heterocycles. The Balaban J connectivity index is 2.23. The van der Waals surface area contributed by atoms with E-state index in [2.05, 4.69) is 38.0 Å². The SMILES string of the molecule is CCNCCC(=O)N1CCC(CN(C)C(C)C)CC1. The lowest BCUT2D eigenvalue weighted by atomic mass is 9.95. The van der Waals surface area contributed by atoms with Gasteiger partial charge in [-0.15, -0.1) is 0 Å². The van der Waals surface area contributed by atoms with E-state index in [0.717, 1.165) is 51.5 Å². The molecular weight excluding hydrogens is 238 g/mol. The van der Waals surface area contributed by atoms with Gasteiger partial charge in [-0.05, 0) is 46.2 Å². The Morgan fingerprint density at radius 3 is 2.53 bits per heavy atom. The van der Waals surface area contributed by atoms with Crippen LogP contribution in [0.5, 0.6) is 0 Å². The van der Waals surface area contributed by atoms with Crippen LogP contribution in [0.2, 0.25) is 0 Å². The Labute approximate surface area is 118 Å². The molecule has 0 aromatic carbocycles. The van der Waals surface area contributed by atoms with Crippen LogP contribution in [0.3, 0.4) is 0 Å². The smallest absolute Gasteiger partial charge is 0.223 e. The third-order valence-corrected chi connectivity index (χ3v) is 4.16. The summed E-state index contributed by atoms with van der Waals surface area (Å²) in [7, 11) is 2.19. The van der Waals surface area contributed by atoms with Crippen molar-refractivity contribution in [2.24, 2.45) is 5.92 Å². The zero-order valence-electron chi connectivity index (χ0n) is 13.1. The molecule has 0 aromatic rings. The summed E-state index contributed by atoms with van der Waals surface area (Å²) in [5.41, 5.74) is 0. The second kappa shape index (κ2) is 8.54. The van der Waals surface area contributed by atoms with Crippen LogP contribution in [-0.4, -0.2) is 61.5 Å². The van der Waals surface area contributed by atoms with Crippen LogP contribution in [-0.2, 0) is 4.79 Å².